The van der Waals surface area contributed by atoms with Crippen LogP contribution in [-0.4, -0.2) is 23.9 Å². The molecule has 3 rings (SSSR count). The van der Waals surface area contributed by atoms with Crippen molar-refractivity contribution in [2.75, 3.05) is 6.61 Å². The lowest BCUT2D eigenvalue weighted by molar-refractivity contribution is -0.0271. The number of ether oxygens (including phenoxy) is 2. The number of rotatable bonds is 1. The topological polar surface area (TPSA) is 38.7 Å². The Kier molecular flexibility index (Phi) is 2.81. The van der Waals surface area contributed by atoms with Crippen LogP contribution in [0, 0.1) is 6.92 Å². The first-order valence-electron chi connectivity index (χ1n) is 6.31. The second-order valence-corrected chi connectivity index (χ2v) is 5.00. The molecule has 0 radical (unpaired) electrons. The predicted octanol–water partition coefficient (Wildman–Crippen LogP) is 2.36. The van der Waals surface area contributed by atoms with E-state index in [1.54, 1.807) is 0 Å². The van der Waals surface area contributed by atoms with Crippen LogP contribution >= 0.6 is 0 Å². The van der Waals surface area contributed by atoms with Gasteiger partial charge in [0.05, 0.1) is 12.2 Å². The highest BCUT2D eigenvalue weighted by Gasteiger charge is 2.34. The molecule has 2 unspecified atom stereocenters. The molecule has 0 amide bonds. The third-order valence-corrected chi connectivity index (χ3v) is 3.64. The number of hydrogen-bond donors (Lipinski definition) is 1. The number of hydrogen-bond acceptors (Lipinski definition) is 3. The number of aliphatic hydroxyl groups is 1. The molecular weight excluding hydrogens is 216 g/mol. The van der Waals surface area contributed by atoms with Crippen LogP contribution in [0.2, 0.25) is 0 Å². The zero-order valence-electron chi connectivity index (χ0n) is 10.1. The number of fused-ring (bicyclic) bond motifs is 1. The van der Waals surface area contributed by atoms with E-state index in [0.29, 0.717) is 6.42 Å². The standard InChI is InChI=1S/C14H18O3/c1-9-4-5-12-10(7-9)11(15)8-14(17-12)13-3-2-6-16-13/h4-5,7,11,13-15H,2-3,6,8H2,1H3/t11-,13?,14?/m1/s1. The van der Waals surface area contributed by atoms with Crippen molar-refractivity contribution in [2.24, 2.45) is 0 Å². The summed E-state index contributed by atoms with van der Waals surface area (Å²) in [7, 11) is 0. The van der Waals surface area contributed by atoms with Crippen LogP contribution in [0.25, 0.3) is 0 Å². The molecule has 2 heterocycles. The van der Waals surface area contributed by atoms with Crippen molar-refractivity contribution < 1.29 is 14.6 Å². The highest BCUT2D eigenvalue weighted by Crippen LogP contribution is 2.38. The summed E-state index contributed by atoms with van der Waals surface area (Å²) in [6.45, 7) is 2.85. The Morgan fingerprint density at radius 2 is 2.18 bits per heavy atom. The van der Waals surface area contributed by atoms with Gasteiger partial charge in [0, 0.05) is 18.6 Å². The van der Waals surface area contributed by atoms with Crippen molar-refractivity contribution in [1.29, 1.82) is 0 Å². The van der Waals surface area contributed by atoms with Gasteiger partial charge in [0.1, 0.15) is 11.9 Å². The fourth-order valence-corrected chi connectivity index (χ4v) is 2.72. The molecule has 0 aliphatic carbocycles. The minimum absolute atomic E-state index is 0.00251. The fourth-order valence-electron chi connectivity index (χ4n) is 2.72. The highest BCUT2D eigenvalue weighted by atomic mass is 16.5. The molecule has 0 spiro atoms. The molecule has 1 aromatic carbocycles. The van der Waals surface area contributed by atoms with Crippen molar-refractivity contribution in [1.82, 2.24) is 0 Å². The van der Waals surface area contributed by atoms with E-state index in [2.05, 4.69) is 0 Å². The number of aliphatic hydroxyl groups excluding tert-OH is 1. The summed E-state index contributed by atoms with van der Waals surface area (Å²) < 4.78 is 11.6. The van der Waals surface area contributed by atoms with Crippen LogP contribution in [0.15, 0.2) is 18.2 Å². The van der Waals surface area contributed by atoms with Gasteiger partial charge in [-0.25, -0.2) is 0 Å². The quantitative estimate of drug-likeness (QED) is 0.810. The summed E-state index contributed by atoms with van der Waals surface area (Å²) in [5, 5.41) is 10.2. The van der Waals surface area contributed by atoms with E-state index in [-0.39, 0.29) is 12.2 Å². The van der Waals surface area contributed by atoms with E-state index in [1.165, 1.54) is 0 Å². The molecule has 3 nitrogen and oxygen atoms in total. The fraction of sp³-hybridized carbons (Fsp3) is 0.571. The maximum atomic E-state index is 10.2. The van der Waals surface area contributed by atoms with Gasteiger partial charge >= 0.3 is 0 Å². The van der Waals surface area contributed by atoms with Gasteiger partial charge in [-0.15, -0.1) is 0 Å². The van der Waals surface area contributed by atoms with E-state index in [9.17, 15) is 5.11 Å². The SMILES string of the molecule is Cc1ccc2c(c1)[C@H](O)CC(C1CCCO1)O2. The normalized spacial score (nSPS) is 32.0. The van der Waals surface area contributed by atoms with E-state index in [1.807, 2.05) is 25.1 Å². The van der Waals surface area contributed by atoms with Crippen molar-refractivity contribution >= 4 is 0 Å². The second kappa shape index (κ2) is 4.31. The first-order valence-corrected chi connectivity index (χ1v) is 6.31. The summed E-state index contributed by atoms with van der Waals surface area (Å²) in [5.74, 6) is 0.815. The zero-order valence-corrected chi connectivity index (χ0v) is 10.1. The average Bonchev–Trinajstić information content (AvgIpc) is 2.83. The first kappa shape index (κ1) is 11.1. The van der Waals surface area contributed by atoms with Crippen LogP contribution < -0.4 is 4.74 Å². The molecule has 2 aliphatic rings. The molecule has 3 heteroatoms. The molecule has 3 atom stereocenters. The molecule has 17 heavy (non-hydrogen) atoms. The zero-order chi connectivity index (χ0) is 11.8. The largest absolute Gasteiger partial charge is 0.487 e. The minimum atomic E-state index is -0.423. The van der Waals surface area contributed by atoms with Gasteiger partial charge in [-0.2, -0.15) is 0 Å². The molecular formula is C14H18O3. The van der Waals surface area contributed by atoms with E-state index in [4.69, 9.17) is 9.47 Å². The molecule has 1 saturated heterocycles. The van der Waals surface area contributed by atoms with E-state index < -0.39 is 6.10 Å². The minimum Gasteiger partial charge on any atom is -0.487 e. The number of aryl methyl sites for hydroxylation is 1. The second-order valence-electron chi connectivity index (χ2n) is 5.00. The predicted molar refractivity (Wildman–Crippen MR) is 64.1 cm³/mol. The smallest absolute Gasteiger partial charge is 0.128 e. The molecule has 1 aromatic rings. The van der Waals surface area contributed by atoms with Crippen LogP contribution in [0.4, 0.5) is 0 Å². The van der Waals surface area contributed by atoms with E-state index in [0.717, 1.165) is 36.3 Å². The molecule has 0 bridgehead atoms. The first-order chi connectivity index (χ1) is 8.24. The summed E-state index contributed by atoms with van der Waals surface area (Å²) in [4.78, 5) is 0. The Balaban J connectivity index is 1.84. The van der Waals surface area contributed by atoms with Gasteiger partial charge in [-0.05, 0) is 31.9 Å². The van der Waals surface area contributed by atoms with Crippen molar-refractivity contribution in [3.8, 4) is 5.75 Å². The Morgan fingerprint density at radius 1 is 1.29 bits per heavy atom. The van der Waals surface area contributed by atoms with Crippen molar-refractivity contribution in [2.45, 2.75) is 44.5 Å². The highest BCUT2D eigenvalue weighted by molar-refractivity contribution is 5.40. The van der Waals surface area contributed by atoms with Crippen LogP contribution in [0.5, 0.6) is 5.75 Å². The Labute approximate surface area is 101 Å². The molecule has 0 saturated carbocycles. The van der Waals surface area contributed by atoms with Crippen molar-refractivity contribution in [3.05, 3.63) is 29.3 Å². The van der Waals surface area contributed by atoms with Gasteiger partial charge in [0.2, 0.25) is 0 Å². The third kappa shape index (κ3) is 2.05. The van der Waals surface area contributed by atoms with Crippen LogP contribution in [0.1, 0.15) is 36.5 Å². The summed E-state index contributed by atoms with van der Waals surface area (Å²) in [5.41, 5.74) is 2.07. The Morgan fingerprint density at radius 3 is 2.94 bits per heavy atom. The average molecular weight is 234 g/mol. The van der Waals surface area contributed by atoms with Gasteiger partial charge in [0.25, 0.3) is 0 Å². The maximum Gasteiger partial charge on any atom is 0.128 e. The molecule has 1 fully saturated rings. The Hall–Kier alpha value is -1.06. The lowest BCUT2D eigenvalue weighted by atomic mass is 9.94. The van der Waals surface area contributed by atoms with Gasteiger partial charge < -0.3 is 14.6 Å². The van der Waals surface area contributed by atoms with Crippen molar-refractivity contribution in [3.63, 3.8) is 0 Å². The van der Waals surface area contributed by atoms with Crippen LogP contribution in [0.3, 0.4) is 0 Å². The van der Waals surface area contributed by atoms with Gasteiger partial charge in [-0.1, -0.05) is 11.6 Å². The lowest BCUT2D eigenvalue weighted by Gasteiger charge is -2.32. The monoisotopic (exact) mass is 234 g/mol. The van der Waals surface area contributed by atoms with Gasteiger partial charge in [0.15, 0.2) is 0 Å². The van der Waals surface area contributed by atoms with Crippen LogP contribution in [-0.2, 0) is 4.74 Å². The summed E-state index contributed by atoms with van der Waals surface area (Å²) >= 11 is 0. The Bertz CT molecular complexity index is 410. The molecule has 1 N–H and O–H groups in total. The molecule has 92 valence electrons. The number of benzene rings is 1. The maximum absolute atomic E-state index is 10.2. The molecule has 0 aromatic heterocycles. The third-order valence-electron chi connectivity index (χ3n) is 3.64. The van der Waals surface area contributed by atoms with Gasteiger partial charge in [-0.3, -0.25) is 0 Å². The summed E-state index contributed by atoms with van der Waals surface area (Å²) in [6, 6.07) is 5.98. The molecule has 2 aliphatic heterocycles. The lowest BCUT2D eigenvalue weighted by Crippen LogP contribution is -2.36. The summed E-state index contributed by atoms with van der Waals surface area (Å²) in [6.07, 6.45) is 2.51. The van der Waals surface area contributed by atoms with E-state index >= 15 is 0 Å².